The van der Waals surface area contributed by atoms with Crippen LogP contribution in [0.5, 0.6) is 0 Å². The quantitative estimate of drug-likeness (QED) is 0.762. The van der Waals surface area contributed by atoms with Gasteiger partial charge < -0.3 is 15.4 Å². The first-order valence-electron chi connectivity index (χ1n) is 8.77. The molecule has 142 valence electrons. The van der Waals surface area contributed by atoms with Crippen LogP contribution in [0.3, 0.4) is 0 Å². The van der Waals surface area contributed by atoms with Gasteiger partial charge in [0.05, 0.1) is 17.5 Å². The van der Waals surface area contributed by atoms with Gasteiger partial charge in [-0.1, -0.05) is 11.6 Å². The third-order valence-corrected chi connectivity index (χ3v) is 5.80. The van der Waals surface area contributed by atoms with E-state index in [2.05, 4.69) is 15.7 Å². The SMILES string of the molecule is O=C(NCC1CCCO1)C(=O)Nc1c2c(nn1-c1ccc(Cl)cc1)CSC2. The van der Waals surface area contributed by atoms with Crippen molar-refractivity contribution in [2.24, 2.45) is 0 Å². The first-order chi connectivity index (χ1) is 13.1. The van der Waals surface area contributed by atoms with Gasteiger partial charge in [0.25, 0.3) is 0 Å². The van der Waals surface area contributed by atoms with Crippen molar-refractivity contribution in [3.8, 4) is 5.69 Å². The zero-order valence-electron chi connectivity index (χ0n) is 14.5. The molecule has 0 radical (unpaired) electrons. The van der Waals surface area contributed by atoms with Crippen molar-refractivity contribution in [1.29, 1.82) is 0 Å². The molecule has 0 aliphatic carbocycles. The van der Waals surface area contributed by atoms with Gasteiger partial charge in [0.1, 0.15) is 5.82 Å². The van der Waals surface area contributed by atoms with Crippen LogP contribution in [-0.4, -0.2) is 40.9 Å². The summed E-state index contributed by atoms with van der Waals surface area (Å²) >= 11 is 7.69. The van der Waals surface area contributed by atoms with E-state index in [1.54, 1.807) is 28.6 Å². The Morgan fingerprint density at radius 3 is 2.81 bits per heavy atom. The Morgan fingerprint density at radius 2 is 2.07 bits per heavy atom. The number of halogens is 1. The van der Waals surface area contributed by atoms with Crippen LogP contribution >= 0.6 is 23.4 Å². The van der Waals surface area contributed by atoms with Gasteiger partial charge in [-0.15, -0.1) is 0 Å². The lowest BCUT2D eigenvalue weighted by Crippen LogP contribution is -2.39. The predicted molar refractivity (Wildman–Crippen MR) is 104 cm³/mol. The zero-order valence-corrected chi connectivity index (χ0v) is 16.1. The number of nitrogens with one attached hydrogen (secondary N) is 2. The van der Waals surface area contributed by atoms with Gasteiger partial charge in [0.2, 0.25) is 0 Å². The van der Waals surface area contributed by atoms with Crippen molar-refractivity contribution < 1.29 is 14.3 Å². The predicted octanol–water partition coefficient (Wildman–Crippen LogP) is 2.51. The Labute approximate surface area is 165 Å². The average molecular weight is 407 g/mol. The highest BCUT2D eigenvalue weighted by Gasteiger charge is 2.27. The number of anilines is 1. The summed E-state index contributed by atoms with van der Waals surface area (Å²) in [5.74, 6) is 0.686. The maximum atomic E-state index is 12.4. The second kappa shape index (κ2) is 7.92. The number of ether oxygens (including phenoxy) is 1. The van der Waals surface area contributed by atoms with Crippen molar-refractivity contribution in [1.82, 2.24) is 15.1 Å². The van der Waals surface area contributed by atoms with Crippen LogP contribution in [0.2, 0.25) is 5.02 Å². The molecule has 4 rings (SSSR count). The van der Waals surface area contributed by atoms with Crippen LogP contribution in [0.1, 0.15) is 24.1 Å². The Balaban J connectivity index is 1.51. The Bertz CT molecular complexity index is 862. The van der Waals surface area contributed by atoms with E-state index in [1.807, 2.05) is 12.1 Å². The molecule has 1 saturated heterocycles. The smallest absolute Gasteiger partial charge is 0.314 e. The van der Waals surface area contributed by atoms with Crippen molar-refractivity contribution in [2.45, 2.75) is 30.5 Å². The van der Waals surface area contributed by atoms with Crippen molar-refractivity contribution in [3.63, 3.8) is 0 Å². The molecular formula is C18H19ClN4O3S. The Kier molecular flexibility index (Phi) is 5.38. The fraction of sp³-hybridized carbons (Fsp3) is 0.389. The number of carbonyl (C=O) groups is 2. The monoisotopic (exact) mass is 406 g/mol. The molecule has 1 unspecified atom stereocenters. The first kappa shape index (κ1) is 18.3. The fourth-order valence-corrected chi connectivity index (χ4v) is 4.33. The number of hydrogen-bond acceptors (Lipinski definition) is 5. The molecule has 0 saturated carbocycles. The number of carbonyl (C=O) groups excluding carboxylic acids is 2. The molecule has 1 atom stereocenters. The summed E-state index contributed by atoms with van der Waals surface area (Å²) in [5, 5.41) is 10.6. The molecule has 0 bridgehead atoms. The minimum Gasteiger partial charge on any atom is -0.376 e. The summed E-state index contributed by atoms with van der Waals surface area (Å²) < 4.78 is 7.12. The maximum Gasteiger partial charge on any atom is 0.314 e. The molecule has 7 nitrogen and oxygen atoms in total. The molecule has 1 aromatic carbocycles. The molecule has 3 heterocycles. The molecule has 2 aromatic rings. The van der Waals surface area contributed by atoms with Gasteiger partial charge in [-0.2, -0.15) is 16.9 Å². The number of hydrogen-bond donors (Lipinski definition) is 2. The second-order valence-electron chi connectivity index (χ2n) is 6.45. The molecule has 1 fully saturated rings. The number of rotatable bonds is 4. The molecule has 27 heavy (non-hydrogen) atoms. The number of aromatic nitrogens is 2. The lowest BCUT2D eigenvalue weighted by molar-refractivity contribution is -0.136. The van der Waals surface area contributed by atoms with Crippen LogP contribution in [0.4, 0.5) is 5.82 Å². The van der Waals surface area contributed by atoms with E-state index in [0.717, 1.165) is 41.3 Å². The molecule has 0 spiro atoms. The highest BCUT2D eigenvalue weighted by Crippen LogP contribution is 2.36. The van der Waals surface area contributed by atoms with E-state index in [-0.39, 0.29) is 6.10 Å². The number of thioether (sulfide) groups is 1. The first-order valence-corrected chi connectivity index (χ1v) is 10.3. The molecule has 2 aliphatic heterocycles. The van der Waals surface area contributed by atoms with Crippen LogP contribution in [0.15, 0.2) is 24.3 Å². The van der Waals surface area contributed by atoms with Gasteiger partial charge in [0, 0.05) is 35.2 Å². The average Bonchev–Trinajstić information content (AvgIpc) is 3.39. The maximum absolute atomic E-state index is 12.4. The summed E-state index contributed by atoms with van der Waals surface area (Å²) in [7, 11) is 0. The number of benzene rings is 1. The van der Waals surface area contributed by atoms with Gasteiger partial charge in [0.15, 0.2) is 0 Å². The molecule has 2 N–H and O–H groups in total. The van der Waals surface area contributed by atoms with E-state index in [1.165, 1.54) is 0 Å². The topological polar surface area (TPSA) is 85.2 Å². The van der Waals surface area contributed by atoms with E-state index in [9.17, 15) is 9.59 Å². The van der Waals surface area contributed by atoms with Crippen LogP contribution in [-0.2, 0) is 25.8 Å². The highest BCUT2D eigenvalue weighted by atomic mass is 35.5. The molecule has 9 heteroatoms. The van der Waals surface area contributed by atoms with Crippen LogP contribution in [0, 0.1) is 0 Å². The molecule has 2 aliphatic rings. The van der Waals surface area contributed by atoms with Gasteiger partial charge >= 0.3 is 11.8 Å². The second-order valence-corrected chi connectivity index (χ2v) is 7.88. The van der Waals surface area contributed by atoms with Gasteiger partial charge in [-0.05, 0) is 37.1 Å². The summed E-state index contributed by atoms with van der Waals surface area (Å²) in [6.07, 6.45) is 1.87. The normalized spacial score (nSPS) is 18.3. The zero-order chi connectivity index (χ0) is 18.8. The summed E-state index contributed by atoms with van der Waals surface area (Å²) in [4.78, 5) is 24.6. The number of amides is 2. The third-order valence-electron chi connectivity index (χ3n) is 4.58. The number of nitrogens with zero attached hydrogens (tertiary/aromatic N) is 2. The van der Waals surface area contributed by atoms with E-state index in [0.29, 0.717) is 24.0 Å². The summed E-state index contributed by atoms with van der Waals surface area (Å²) in [6.45, 7) is 1.05. The minimum atomic E-state index is -0.706. The standard InChI is InChI=1S/C18H19ClN4O3S/c19-11-3-5-12(6-4-11)23-16(14-9-27-10-15(14)22-23)21-18(25)17(24)20-8-13-2-1-7-26-13/h3-6,13H,1-2,7-10H2,(H,20,24)(H,21,25). The summed E-state index contributed by atoms with van der Waals surface area (Å²) in [6, 6.07) is 7.17. The third kappa shape index (κ3) is 3.97. The largest absolute Gasteiger partial charge is 0.376 e. The van der Waals surface area contributed by atoms with Gasteiger partial charge in [-0.3, -0.25) is 9.59 Å². The minimum absolute atomic E-state index is 0.0120. The van der Waals surface area contributed by atoms with E-state index < -0.39 is 11.8 Å². The Morgan fingerprint density at radius 1 is 1.26 bits per heavy atom. The van der Waals surface area contributed by atoms with Crippen LogP contribution in [0.25, 0.3) is 5.69 Å². The van der Waals surface area contributed by atoms with Gasteiger partial charge in [-0.25, -0.2) is 4.68 Å². The van der Waals surface area contributed by atoms with Crippen molar-refractivity contribution >= 4 is 41.0 Å². The highest BCUT2D eigenvalue weighted by molar-refractivity contribution is 7.98. The number of fused-ring (bicyclic) bond motifs is 1. The lowest BCUT2D eigenvalue weighted by atomic mass is 10.2. The van der Waals surface area contributed by atoms with Crippen LogP contribution < -0.4 is 10.6 Å². The Hall–Kier alpha value is -2.03. The molecular weight excluding hydrogens is 388 g/mol. The van der Waals surface area contributed by atoms with Crippen molar-refractivity contribution in [3.05, 3.63) is 40.5 Å². The molecule has 2 amide bonds. The summed E-state index contributed by atoms with van der Waals surface area (Å²) in [5.41, 5.74) is 2.65. The van der Waals surface area contributed by atoms with E-state index >= 15 is 0 Å². The lowest BCUT2D eigenvalue weighted by Gasteiger charge is -2.13. The van der Waals surface area contributed by atoms with Crippen molar-refractivity contribution in [2.75, 3.05) is 18.5 Å². The fourth-order valence-electron chi connectivity index (χ4n) is 3.17. The molecule has 1 aromatic heterocycles. The van der Waals surface area contributed by atoms with E-state index in [4.69, 9.17) is 16.3 Å².